The first-order valence-electron chi connectivity index (χ1n) is 5.48. The third-order valence-electron chi connectivity index (χ3n) is 2.43. The molecule has 112 valence electrons. The molecule has 0 fully saturated rings. The monoisotopic (exact) mass is 366 g/mol. The van der Waals surface area contributed by atoms with Crippen molar-refractivity contribution in [3.05, 3.63) is 39.1 Å². The SMILES string of the molecule is Cc1cc(Cl)nc(NS(=O)(=O)c2ccc(Cl)c(N)c2Cl)n1. The molecule has 0 aliphatic heterocycles. The molecule has 2 rings (SSSR count). The van der Waals surface area contributed by atoms with Crippen LogP contribution < -0.4 is 10.5 Å². The molecule has 0 unspecified atom stereocenters. The number of nitrogen functional groups attached to an aromatic ring is 1. The molecule has 0 atom stereocenters. The maximum Gasteiger partial charge on any atom is 0.265 e. The van der Waals surface area contributed by atoms with Gasteiger partial charge in [-0.05, 0) is 25.1 Å². The van der Waals surface area contributed by atoms with Crippen molar-refractivity contribution in [1.29, 1.82) is 0 Å². The maximum absolute atomic E-state index is 12.3. The minimum atomic E-state index is -4.02. The second kappa shape index (κ2) is 5.84. The number of nitrogens with one attached hydrogen (secondary N) is 1. The van der Waals surface area contributed by atoms with E-state index in [1.165, 1.54) is 18.2 Å². The summed E-state index contributed by atoms with van der Waals surface area (Å²) < 4.78 is 26.8. The van der Waals surface area contributed by atoms with E-state index in [2.05, 4.69) is 14.7 Å². The van der Waals surface area contributed by atoms with Crippen molar-refractivity contribution < 1.29 is 8.42 Å². The summed E-state index contributed by atoms with van der Waals surface area (Å²) in [4.78, 5) is 7.48. The smallest absolute Gasteiger partial charge is 0.265 e. The maximum atomic E-state index is 12.3. The van der Waals surface area contributed by atoms with Gasteiger partial charge in [-0.15, -0.1) is 0 Å². The van der Waals surface area contributed by atoms with Gasteiger partial charge in [0, 0.05) is 5.69 Å². The van der Waals surface area contributed by atoms with Crippen LogP contribution in [-0.2, 0) is 10.0 Å². The number of nitrogens with two attached hydrogens (primary N) is 1. The first kappa shape index (κ1) is 16.1. The molecule has 21 heavy (non-hydrogen) atoms. The first-order chi connectivity index (χ1) is 9.70. The molecule has 10 heteroatoms. The van der Waals surface area contributed by atoms with Crippen LogP contribution in [0.15, 0.2) is 23.1 Å². The fourth-order valence-electron chi connectivity index (χ4n) is 1.51. The lowest BCUT2D eigenvalue weighted by Crippen LogP contribution is -2.16. The van der Waals surface area contributed by atoms with E-state index in [1.54, 1.807) is 6.92 Å². The highest BCUT2D eigenvalue weighted by molar-refractivity contribution is 7.92. The average Bonchev–Trinajstić information content (AvgIpc) is 2.33. The van der Waals surface area contributed by atoms with Crippen molar-refractivity contribution in [3.8, 4) is 0 Å². The highest BCUT2D eigenvalue weighted by atomic mass is 35.5. The number of hydrogen-bond donors (Lipinski definition) is 2. The molecule has 0 amide bonds. The molecule has 1 aromatic carbocycles. The average molecular weight is 368 g/mol. The molecule has 1 heterocycles. The Balaban J connectivity index is 2.46. The van der Waals surface area contributed by atoms with Gasteiger partial charge in [-0.3, -0.25) is 0 Å². The van der Waals surface area contributed by atoms with Crippen LogP contribution in [0.3, 0.4) is 0 Å². The van der Waals surface area contributed by atoms with Crippen molar-refractivity contribution in [2.24, 2.45) is 0 Å². The summed E-state index contributed by atoms with van der Waals surface area (Å²) in [7, 11) is -4.02. The van der Waals surface area contributed by atoms with Crippen molar-refractivity contribution in [2.45, 2.75) is 11.8 Å². The number of nitrogens with zero attached hydrogens (tertiary/aromatic N) is 2. The van der Waals surface area contributed by atoms with Crippen LogP contribution in [0.5, 0.6) is 0 Å². The Morgan fingerprint density at radius 1 is 1.19 bits per heavy atom. The minimum absolute atomic E-state index is 0.0237. The number of halogens is 3. The summed E-state index contributed by atoms with van der Waals surface area (Å²) >= 11 is 17.4. The second-order valence-corrected chi connectivity index (χ2v) is 6.86. The zero-order chi connectivity index (χ0) is 15.8. The molecule has 3 N–H and O–H groups in total. The van der Waals surface area contributed by atoms with E-state index in [4.69, 9.17) is 40.5 Å². The van der Waals surface area contributed by atoms with Crippen LogP contribution in [0.25, 0.3) is 0 Å². The zero-order valence-electron chi connectivity index (χ0n) is 10.6. The van der Waals surface area contributed by atoms with Gasteiger partial charge < -0.3 is 5.73 Å². The van der Waals surface area contributed by atoms with E-state index in [0.717, 1.165) is 0 Å². The van der Waals surface area contributed by atoms with Gasteiger partial charge in [0.2, 0.25) is 5.95 Å². The van der Waals surface area contributed by atoms with E-state index < -0.39 is 10.0 Å². The Kier molecular flexibility index (Phi) is 4.48. The van der Waals surface area contributed by atoms with Crippen LogP contribution in [0.2, 0.25) is 15.2 Å². The van der Waals surface area contributed by atoms with Crippen molar-refractivity contribution in [2.75, 3.05) is 10.5 Å². The Labute approximate surface area is 136 Å². The summed E-state index contributed by atoms with van der Waals surface area (Å²) in [5, 5.41) is 0.101. The third kappa shape index (κ3) is 3.49. The van der Waals surface area contributed by atoms with Gasteiger partial charge in [0.1, 0.15) is 10.0 Å². The number of hydrogen-bond acceptors (Lipinski definition) is 5. The van der Waals surface area contributed by atoms with E-state index in [9.17, 15) is 8.42 Å². The Morgan fingerprint density at radius 2 is 1.86 bits per heavy atom. The summed E-state index contributed by atoms with van der Waals surface area (Å²) in [5.41, 5.74) is 6.10. The molecule has 0 aliphatic carbocycles. The lowest BCUT2D eigenvalue weighted by molar-refractivity contribution is 0.601. The molecule has 0 spiro atoms. The van der Waals surface area contributed by atoms with E-state index in [-0.39, 0.29) is 31.7 Å². The molecule has 0 radical (unpaired) electrons. The zero-order valence-corrected chi connectivity index (χ0v) is 13.6. The van der Waals surface area contributed by atoms with E-state index >= 15 is 0 Å². The molecule has 0 saturated heterocycles. The van der Waals surface area contributed by atoms with Crippen LogP contribution in [0.1, 0.15) is 5.69 Å². The van der Waals surface area contributed by atoms with Gasteiger partial charge in [0.25, 0.3) is 10.0 Å². The standard InChI is InChI=1S/C11H9Cl3N4O2S/c1-5-4-8(13)17-11(16-5)18-21(19,20)7-3-2-6(12)10(15)9(7)14/h2-4H,15H2,1H3,(H,16,17,18). The molecule has 0 saturated carbocycles. The fourth-order valence-corrected chi connectivity index (χ4v) is 3.46. The summed E-state index contributed by atoms with van der Waals surface area (Å²) in [5.74, 6) is -0.162. The van der Waals surface area contributed by atoms with Gasteiger partial charge in [-0.2, -0.15) is 0 Å². The highest BCUT2D eigenvalue weighted by Gasteiger charge is 2.22. The van der Waals surface area contributed by atoms with Crippen LogP contribution in [0.4, 0.5) is 11.6 Å². The van der Waals surface area contributed by atoms with E-state index in [1.807, 2.05) is 0 Å². The van der Waals surface area contributed by atoms with Crippen LogP contribution >= 0.6 is 34.8 Å². The Morgan fingerprint density at radius 3 is 2.48 bits per heavy atom. The summed E-state index contributed by atoms with van der Waals surface area (Å²) in [6.07, 6.45) is 0. The summed E-state index contributed by atoms with van der Waals surface area (Å²) in [6.45, 7) is 1.65. The van der Waals surface area contributed by atoms with E-state index in [0.29, 0.717) is 5.69 Å². The molecule has 0 aliphatic rings. The van der Waals surface area contributed by atoms with Crippen molar-refractivity contribution in [1.82, 2.24) is 9.97 Å². The quantitative estimate of drug-likeness (QED) is 0.641. The Bertz CT molecular complexity index is 791. The number of anilines is 2. The highest BCUT2D eigenvalue weighted by Crippen LogP contribution is 2.33. The molecule has 6 nitrogen and oxygen atoms in total. The van der Waals surface area contributed by atoms with Gasteiger partial charge in [-0.25, -0.2) is 23.1 Å². The lowest BCUT2D eigenvalue weighted by atomic mass is 10.3. The molecule has 0 bridgehead atoms. The van der Waals surface area contributed by atoms with Gasteiger partial charge >= 0.3 is 0 Å². The Hall–Kier alpha value is -1.28. The first-order valence-corrected chi connectivity index (χ1v) is 8.10. The topological polar surface area (TPSA) is 98.0 Å². The van der Waals surface area contributed by atoms with Crippen molar-refractivity contribution in [3.63, 3.8) is 0 Å². The van der Waals surface area contributed by atoms with Crippen molar-refractivity contribution >= 4 is 56.5 Å². The largest absolute Gasteiger partial charge is 0.396 e. The predicted octanol–water partition coefficient (Wildman–Crippen LogP) is 3.13. The fraction of sp³-hybridized carbons (Fsp3) is 0.0909. The number of sulfonamides is 1. The van der Waals surface area contributed by atoms with Crippen LogP contribution in [-0.4, -0.2) is 18.4 Å². The normalized spacial score (nSPS) is 11.4. The predicted molar refractivity (Wildman–Crippen MR) is 83.5 cm³/mol. The number of benzene rings is 1. The molecule has 2 aromatic rings. The van der Waals surface area contributed by atoms with Crippen LogP contribution in [0, 0.1) is 6.92 Å². The number of rotatable bonds is 3. The summed E-state index contributed by atoms with van der Waals surface area (Å²) in [6, 6.07) is 4.06. The molecule has 1 aromatic heterocycles. The number of aryl methyl sites for hydroxylation is 1. The lowest BCUT2D eigenvalue weighted by Gasteiger charge is -2.10. The minimum Gasteiger partial charge on any atom is -0.396 e. The van der Waals surface area contributed by atoms with Gasteiger partial charge in [0.05, 0.1) is 15.7 Å². The number of aromatic nitrogens is 2. The molecular weight excluding hydrogens is 359 g/mol. The van der Waals surface area contributed by atoms with Gasteiger partial charge in [0.15, 0.2) is 0 Å². The molecular formula is C11H9Cl3N4O2S. The second-order valence-electron chi connectivity index (χ2n) is 4.03. The third-order valence-corrected chi connectivity index (χ3v) is 4.84. The van der Waals surface area contributed by atoms with Gasteiger partial charge in [-0.1, -0.05) is 34.8 Å².